The number of carbonyl (C=O) groups is 1. The number of benzene rings is 1. The Morgan fingerprint density at radius 2 is 2.23 bits per heavy atom. The van der Waals surface area contributed by atoms with Crippen molar-refractivity contribution in [2.45, 2.75) is 0 Å². The second-order valence-corrected chi connectivity index (χ2v) is 3.73. The lowest BCUT2D eigenvalue weighted by atomic mass is 10.2. The molecule has 0 aliphatic heterocycles. The highest BCUT2D eigenvalue weighted by molar-refractivity contribution is 7.21. The average Bonchev–Trinajstić information content (AvgIpc) is 2.55. The Hall–Kier alpha value is -1.42. The first-order chi connectivity index (χ1) is 6.22. The van der Waals surface area contributed by atoms with Crippen molar-refractivity contribution in [2.75, 3.05) is 5.73 Å². The fraction of sp³-hybridized carbons (Fsp3) is 0. The quantitative estimate of drug-likeness (QED) is 0.561. The Bertz CT molecular complexity index is 478. The number of nitrogens with two attached hydrogens (primary N) is 1. The molecule has 0 fully saturated rings. The molecule has 0 amide bonds. The minimum atomic E-state index is -0.438. The first-order valence-corrected chi connectivity index (χ1v) is 4.46. The number of rotatable bonds is 1. The van der Waals surface area contributed by atoms with Crippen molar-refractivity contribution < 1.29 is 9.18 Å². The third-order valence-corrected chi connectivity index (χ3v) is 2.92. The summed E-state index contributed by atoms with van der Waals surface area (Å²) in [7, 11) is 0. The zero-order valence-corrected chi connectivity index (χ0v) is 7.40. The lowest BCUT2D eigenvalue weighted by Crippen LogP contribution is -1.88. The molecule has 1 heterocycles. The van der Waals surface area contributed by atoms with E-state index in [1.54, 1.807) is 12.1 Å². The molecule has 0 atom stereocenters. The lowest BCUT2D eigenvalue weighted by molar-refractivity contribution is 0.112. The highest BCUT2D eigenvalue weighted by atomic mass is 32.1. The van der Waals surface area contributed by atoms with Crippen molar-refractivity contribution in [1.29, 1.82) is 0 Å². The minimum Gasteiger partial charge on any atom is -0.395 e. The van der Waals surface area contributed by atoms with Crippen LogP contribution < -0.4 is 5.73 Å². The molecule has 0 saturated heterocycles. The number of halogens is 1. The van der Waals surface area contributed by atoms with Crippen molar-refractivity contribution >= 4 is 33.4 Å². The lowest BCUT2D eigenvalue weighted by Gasteiger charge is -1.95. The van der Waals surface area contributed by atoms with Crippen molar-refractivity contribution in [3.05, 3.63) is 28.9 Å². The molecule has 1 aromatic carbocycles. The van der Waals surface area contributed by atoms with Gasteiger partial charge in [-0.3, -0.25) is 4.79 Å². The fourth-order valence-electron chi connectivity index (χ4n) is 1.18. The van der Waals surface area contributed by atoms with Crippen LogP contribution in [0.5, 0.6) is 0 Å². The van der Waals surface area contributed by atoms with Gasteiger partial charge in [0.15, 0.2) is 6.29 Å². The maximum Gasteiger partial charge on any atom is 0.160 e. The van der Waals surface area contributed by atoms with Crippen LogP contribution in [0.1, 0.15) is 9.67 Å². The van der Waals surface area contributed by atoms with Crippen molar-refractivity contribution in [3.8, 4) is 0 Å². The number of carbonyl (C=O) groups excluding carboxylic acids is 1. The predicted octanol–water partition coefficient (Wildman–Crippen LogP) is 2.44. The van der Waals surface area contributed by atoms with Crippen LogP contribution in [0.3, 0.4) is 0 Å². The van der Waals surface area contributed by atoms with Gasteiger partial charge in [0.2, 0.25) is 0 Å². The molecule has 2 N–H and O–H groups in total. The zero-order valence-electron chi connectivity index (χ0n) is 6.58. The van der Waals surface area contributed by atoms with Crippen LogP contribution in [0, 0.1) is 5.82 Å². The van der Waals surface area contributed by atoms with E-state index >= 15 is 0 Å². The molecule has 0 spiro atoms. The predicted molar refractivity (Wildman–Crippen MR) is 51.6 cm³/mol. The monoisotopic (exact) mass is 195 g/mol. The number of nitrogen functional groups attached to an aromatic ring is 1. The molecule has 0 aliphatic carbocycles. The number of thiophene rings is 1. The van der Waals surface area contributed by atoms with Gasteiger partial charge in [0.05, 0.1) is 15.3 Å². The second kappa shape index (κ2) is 2.81. The average molecular weight is 195 g/mol. The topological polar surface area (TPSA) is 43.1 Å². The van der Waals surface area contributed by atoms with E-state index in [4.69, 9.17) is 5.73 Å². The van der Waals surface area contributed by atoms with E-state index in [2.05, 4.69) is 0 Å². The third-order valence-electron chi connectivity index (χ3n) is 1.81. The normalized spacial score (nSPS) is 10.5. The molecular weight excluding hydrogens is 189 g/mol. The number of fused-ring (bicyclic) bond motifs is 1. The summed E-state index contributed by atoms with van der Waals surface area (Å²) in [4.78, 5) is 11.0. The van der Waals surface area contributed by atoms with Gasteiger partial charge in [-0.25, -0.2) is 4.39 Å². The van der Waals surface area contributed by atoms with E-state index in [0.29, 0.717) is 9.58 Å². The minimum absolute atomic E-state index is 0.121. The van der Waals surface area contributed by atoms with Gasteiger partial charge in [-0.1, -0.05) is 6.07 Å². The standard InChI is InChI=1S/C9H6FNOS/c10-7-2-1-5-3-6(4-12)13-9(5)8(7)11/h1-4H,11H2. The molecule has 66 valence electrons. The Morgan fingerprint density at radius 3 is 2.92 bits per heavy atom. The molecule has 2 aromatic rings. The number of aldehydes is 1. The number of hydrogen-bond donors (Lipinski definition) is 1. The molecule has 0 bridgehead atoms. The smallest absolute Gasteiger partial charge is 0.160 e. The summed E-state index contributed by atoms with van der Waals surface area (Å²) in [5, 5.41) is 0.811. The Kier molecular flexibility index (Phi) is 1.77. The number of anilines is 1. The summed E-state index contributed by atoms with van der Waals surface area (Å²) in [6, 6.07) is 4.62. The van der Waals surface area contributed by atoms with E-state index in [1.165, 1.54) is 17.4 Å². The van der Waals surface area contributed by atoms with Gasteiger partial charge >= 0.3 is 0 Å². The Labute approximate surface area is 77.8 Å². The summed E-state index contributed by atoms with van der Waals surface area (Å²) >= 11 is 1.20. The van der Waals surface area contributed by atoms with Crippen LogP contribution in [-0.2, 0) is 0 Å². The first kappa shape index (κ1) is 8.19. The van der Waals surface area contributed by atoms with Crippen molar-refractivity contribution in [3.63, 3.8) is 0 Å². The molecule has 4 heteroatoms. The molecule has 0 saturated carbocycles. The second-order valence-electron chi connectivity index (χ2n) is 2.65. The van der Waals surface area contributed by atoms with Gasteiger partial charge in [0.25, 0.3) is 0 Å². The maximum absolute atomic E-state index is 13.0. The van der Waals surface area contributed by atoms with Crippen LogP contribution in [0.2, 0.25) is 0 Å². The molecule has 0 radical (unpaired) electrons. The van der Waals surface area contributed by atoms with E-state index in [-0.39, 0.29) is 5.69 Å². The van der Waals surface area contributed by atoms with Crippen LogP contribution >= 0.6 is 11.3 Å². The van der Waals surface area contributed by atoms with E-state index in [1.807, 2.05) is 0 Å². The SMILES string of the molecule is Nc1c(F)ccc2cc(C=O)sc12. The molecule has 0 unspecified atom stereocenters. The van der Waals surface area contributed by atoms with Crippen molar-refractivity contribution in [2.24, 2.45) is 0 Å². The van der Waals surface area contributed by atoms with Gasteiger partial charge in [-0.2, -0.15) is 0 Å². The third kappa shape index (κ3) is 1.19. The highest BCUT2D eigenvalue weighted by Gasteiger charge is 2.07. The van der Waals surface area contributed by atoms with Gasteiger partial charge in [-0.15, -0.1) is 11.3 Å². The highest BCUT2D eigenvalue weighted by Crippen LogP contribution is 2.31. The molecule has 13 heavy (non-hydrogen) atoms. The first-order valence-electron chi connectivity index (χ1n) is 3.65. The summed E-state index contributed by atoms with van der Waals surface area (Å²) in [5.74, 6) is -0.438. The molecule has 2 nitrogen and oxygen atoms in total. The van der Waals surface area contributed by atoms with Gasteiger partial charge in [0, 0.05) is 0 Å². The summed E-state index contributed by atoms with van der Waals surface area (Å²) < 4.78 is 13.6. The molecular formula is C9H6FNOS. The molecule has 2 rings (SSSR count). The van der Waals surface area contributed by atoms with E-state index in [0.717, 1.165) is 11.7 Å². The molecule has 0 aliphatic rings. The summed E-state index contributed by atoms with van der Waals surface area (Å²) in [5.41, 5.74) is 5.63. The summed E-state index contributed by atoms with van der Waals surface area (Å²) in [6.45, 7) is 0. The van der Waals surface area contributed by atoms with Crippen molar-refractivity contribution in [1.82, 2.24) is 0 Å². The Morgan fingerprint density at radius 1 is 1.46 bits per heavy atom. The van der Waals surface area contributed by atoms with Gasteiger partial charge < -0.3 is 5.73 Å². The van der Waals surface area contributed by atoms with Crippen LogP contribution in [-0.4, -0.2) is 6.29 Å². The van der Waals surface area contributed by atoms with E-state index in [9.17, 15) is 9.18 Å². The van der Waals surface area contributed by atoms with Gasteiger partial charge in [0.1, 0.15) is 5.82 Å². The zero-order chi connectivity index (χ0) is 9.42. The summed E-state index contributed by atoms with van der Waals surface area (Å²) in [6.07, 6.45) is 0.738. The Balaban J connectivity index is 2.83. The largest absolute Gasteiger partial charge is 0.395 e. The van der Waals surface area contributed by atoms with Crippen LogP contribution in [0.4, 0.5) is 10.1 Å². The van der Waals surface area contributed by atoms with E-state index < -0.39 is 5.82 Å². The van der Waals surface area contributed by atoms with Crippen LogP contribution in [0.15, 0.2) is 18.2 Å². The number of hydrogen-bond acceptors (Lipinski definition) is 3. The molecule has 1 aromatic heterocycles. The fourth-order valence-corrected chi connectivity index (χ4v) is 2.10. The van der Waals surface area contributed by atoms with Crippen LogP contribution in [0.25, 0.3) is 10.1 Å². The maximum atomic E-state index is 13.0. The van der Waals surface area contributed by atoms with Gasteiger partial charge in [-0.05, 0) is 17.5 Å².